The minimum atomic E-state index is -1.19. The van der Waals surface area contributed by atoms with Gasteiger partial charge in [-0.15, -0.1) is 12.3 Å². The van der Waals surface area contributed by atoms with Crippen molar-refractivity contribution in [2.45, 2.75) is 31.9 Å². The van der Waals surface area contributed by atoms with Gasteiger partial charge in [0.25, 0.3) is 0 Å². The lowest BCUT2D eigenvalue weighted by molar-refractivity contribution is 0.217. The van der Waals surface area contributed by atoms with Gasteiger partial charge in [-0.1, -0.05) is 26.2 Å². The Labute approximate surface area is 103 Å². The second kappa shape index (κ2) is 5.16. The molecule has 0 aromatic rings. The molecule has 0 aliphatic carbocycles. The number of piperazine rings is 1. The zero-order valence-corrected chi connectivity index (χ0v) is 13.7. The number of likely N-dealkylation sites (N-methyl/N-ethyl adjacent to an activating group) is 1. The van der Waals surface area contributed by atoms with E-state index in [0.29, 0.717) is 0 Å². The van der Waals surface area contributed by atoms with E-state index in [9.17, 15) is 0 Å². The highest BCUT2D eigenvalue weighted by molar-refractivity contribution is 6.96. The second-order valence-electron chi connectivity index (χ2n) is 6.47. The van der Waals surface area contributed by atoms with Gasteiger partial charge in [0.1, 0.15) is 8.24 Å². The third-order valence-corrected chi connectivity index (χ3v) is 14.2. The molecule has 16 heavy (non-hydrogen) atoms. The first-order valence-corrected chi connectivity index (χ1v) is 12.8. The van der Waals surface area contributed by atoms with Gasteiger partial charge in [-0.3, -0.25) is 0 Å². The summed E-state index contributed by atoms with van der Waals surface area (Å²) in [7, 11) is -0.104. The van der Waals surface area contributed by atoms with Gasteiger partial charge >= 0.3 is 0 Å². The summed E-state index contributed by atoms with van der Waals surface area (Å²) in [4.78, 5) is 2.44. The molecule has 1 aliphatic rings. The van der Waals surface area contributed by atoms with Crippen molar-refractivity contribution in [1.29, 1.82) is 0 Å². The van der Waals surface area contributed by atoms with Gasteiger partial charge in [-0.05, 0) is 12.7 Å². The van der Waals surface area contributed by atoms with E-state index in [1.165, 1.54) is 31.8 Å². The molecule has 0 aromatic heterocycles. The predicted molar refractivity (Wildman–Crippen MR) is 79.0 cm³/mol. The van der Waals surface area contributed by atoms with Crippen LogP contribution in [0.3, 0.4) is 0 Å². The van der Waals surface area contributed by atoms with Gasteiger partial charge < -0.3 is 9.47 Å². The number of hydrogen-bond donors (Lipinski definition) is 0. The fourth-order valence-corrected chi connectivity index (χ4v) is 14.5. The Balaban J connectivity index is 2.59. The summed E-state index contributed by atoms with van der Waals surface area (Å²) < 4.78 is 2.80. The van der Waals surface area contributed by atoms with Gasteiger partial charge in [0, 0.05) is 26.2 Å². The standard InChI is InChI=1S/C12H28N2Si2/c1-7-15(3,4)12-16(5,6)14-10-8-13(2)9-11-14/h7H,1,8-12H2,2-6H3. The maximum absolute atomic E-state index is 4.03. The Morgan fingerprint density at radius 2 is 1.56 bits per heavy atom. The molecule has 0 amide bonds. The molecular weight excluding hydrogens is 228 g/mol. The monoisotopic (exact) mass is 256 g/mol. The van der Waals surface area contributed by atoms with Gasteiger partial charge in [-0.2, -0.15) is 0 Å². The van der Waals surface area contributed by atoms with Crippen LogP contribution < -0.4 is 0 Å². The molecule has 0 unspecified atom stereocenters. The van der Waals surface area contributed by atoms with E-state index in [-0.39, 0.29) is 0 Å². The molecule has 0 bridgehead atoms. The first-order valence-electron chi connectivity index (χ1n) is 6.34. The van der Waals surface area contributed by atoms with Crippen molar-refractivity contribution in [3.8, 4) is 0 Å². The maximum Gasteiger partial charge on any atom is 0.120 e. The van der Waals surface area contributed by atoms with E-state index in [0.717, 1.165) is 0 Å². The largest absolute Gasteiger partial charge is 0.321 e. The Kier molecular flexibility index (Phi) is 4.57. The lowest BCUT2D eigenvalue weighted by Gasteiger charge is -2.44. The number of rotatable bonds is 4. The molecule has 0 N–H and O–H groups in total. The zero-order valence-electron chi connectivity index (χ0n) is 11.7. The molecule has 1 fully saturated rings. The minimum Gasteiger partial charge on any atom is -0.321 e. The predicted octanol–water partition coefficient (Wildman–Crippen LogP) is 2.41. The zero-order chi connectivity index (χ0) is 12.4. The molecule has 0 atom stereocenters. The van der Waals surface area contributed by atoms with Crippen LogP contribution in [0.15, 0.2) is 12.3 Å². The van der Waals surface area contributed by atoms with E-state index in [4.69, 9.17) is 0 Å². The van der Waals surface area contributed by atoms with Crippen LogP contribution >= 0.6 is 0 Å². The fraction of sp³-hybridized carbons (Fsp3) is 0.833. The van der Waals surface area contributed by atoms with Crippen LogP contribution in [0.1, 0.15) is 0 Å². The van der Waals surface area contributed by atoms with Crippen molar-refractivity contribution in [2.24, 2.45) is 0 Å². The third-order valence-electron chi connectivity index (χ3n) is 3.80. The first kappa shape index (κ1) is 14.2. The average molecular weight is 257 g/mol. The molecule has 0 spiro atoms. The van der Waals surface area contributed by atoms with Crippen LogP contribution in [0, 0.1) is 0 Å². The minimum absolute atomic E-state index is 1.14. The highest BCUT2D eigenvalue weighted by Crippen LogP contribution is 2.24. The summed E-state index contributed by atoms with van der Waals surface area (Å²) in [6.45, 7) is 19.0. The average Bonchev–Trinajstić information content (AvgIpc) is 2.17. The van der Waals surface area contributed by atoms with Gasteiger partial charge in [0.05, 0.1) is 8.07 Å². The van der Waals surface area contributed by atoms with Crippen LogP contribution in [0.5, 0.6) is 0 Å². The van der Waals surface area contributed by atoms with Crippen molar-refractivity contribution in [2.75, 3.05) is 33.2 Å². The third kappa shape index (κ3) is 3.84. The summed E-state index contributed by atoms with van der Waals surface area (Å²) in [5.74, 6) is 0. The Morgan fingerprint density at radius 1 is 1.06 bits per heavy atom. The molecule has 1 aliphatic heterocycles. The quantitative estimate of drug-likeness (QED) is 0.713. The molecule has 1 heterocycles. The van der Waals surface area contributed by atoms with Crippen LogP contribution in [-0.2, 0) is 0 Å². The smallest absolute Gasteiger partial charge is 0.120 e. The molecule has 94 valence electrons. The number of nitrogens with zero attached hydrogens (tertiary/aromatic N) is 2. The van der Waals surface area contributed by atoms with Crippen LogP contribution in [-0.4, -0.2) is 59.0 Å². The summed E-state index contributed by atoms with van der Waals surface area (Å²) in [6.07, 6.45) is 0. The summed E-state index contributed by atoms with van der Waals surface area (Å²) in [5.41, 5.74) is 3.71. The fourth-order valence-electron chi connectivity index (χ4n) is 2.71. The molecule has 0 saturated carbocycles. The Morgan fingerprint density at radius 3 is 2.00 bits per heavy atom. The van der Waals surface area contributed by atoms with Crippen molar-refractivity contribution >= 4 is 16.3 Å². The normalized spacial score (nSPS) is 21.1. The van der Waals surface area contributed by atoms with E-state index in [1.54, 1.807) is 0 Å². The lowest BCUT2D eigenvalue weighted by Crippen LogP contribution is -2.59. The van der Waals surface area contributed by atoms with Gasteiger partial charge in [-0.25, -0.2) is 0 Å². The molecule has 1 rings (SSSR count). The molecule has 4 heteroatoms. The summed E-state index contributed by atoms with van der Waals surface area (Å²) in [5, 5.41) is 0. The van der Waals surface area contributed by atoms with E-state index >= 15 is 0 Å². The number of hydrogen-bond acceptors (Lipinski definition) is 2. The Bertz CT molecular complexity index is 243. The molecular formula is C12H28N2Si2. The molecule has 2 nitrogen and oxygen atoms in total. The highest BCUT2D eigenvalue weighted by atomic mass is 28.4. The van der Waals surface area contributed by atoms with Gasteiger partial charge in [0.2, 0.25) is 0 Å². The van der Waals surface area contributed by atoms with Crippen molar-refractivity contribution in [3.05, 3.63) is 12.3 Å². The van der Waals surface area contributed by atoms with Crippen LogP contribution in [0.2, 0.25) is 31.9 Å². The van der Waals surface area contributed by atoms with Crippen molar-refractivity contribution in [3.63, 3.8) is 0 Å². The van der Waals surface area contributed by atoms with Crippen molar-refractivity contribution in [1.82, 2.24) is 9.47 Å². The maximum atomic E-state index is 4.03. The molecule has 0 aromatic carbocycles. The van der Waals surface area contributed by atoms with E-state index in [2.05, 4.69) is 55.0 Å². The Hall–Kier alpha value is 0.0938. The van der Waals surface area contributed by atoms with Crippen LogP contribution in [0.25, 0.3) is 0 Å². The molecule has 0 radical (unpaired) electrons. The second-order valence-corrected chi connectivity index (χ2v) is 16.5. The van der Waals surface area contributed by atoms with Crippen molar-refractivity contribution < 1.29 is 0 Å². The lowest BCUT2D eigenvalue weighted by atomic mass is 10.4. The van der Waals surface area contributed by atoms with E-state index < -0.39 is 16.3 Å². The topological polar surface area (TPSA) is 6.48 Å². The summed E-state index contributed by atoms with van der Waals surface area (Å²) in [6, 6.07) is 0. The van der Waals surface area contributed by atoms with Crippen LogP contribution in [0.4, 0.5) is 0 Å². The summed E-state index contributed by atoms with van der Waals surface area (Å²) >= 11 is 0. The SMILES string of the molecule is C=C[Si](C)(C)C[Si](C)(C)N1CCN(C)CC1. The van der Waals surface area contributed by atoms with E-state index in [1.807, 2.05) is 0 Å². The van der Waals surface area contributed by atoms with Gasteiger partial charge in [0.15, 0.2) is 0 Å². The highest BCUT2D eigenvalue weighted by Gasteiger charge is 2.36. The molecule has 1 saturated heterocycles. The first-order chi connectivity index (χ1) is 7.27.